The number of fused-ring (bicyclic) bond motifs is 1. The second kappa shape index (κ2) is 13.8. The monoisotopic (exact) mass is 545 g/mol. The number of benzene rings is 4. The van der Waals surface area contributed by atoms with Crippen LogP contribution < -0.4 is 15.5 Å². The van der Waals surface area contributed by atoms with Crippen molar-refractivity contribution in [2.45, 2.75) is 52.0 Å². The molecule has 5 heteroatoms. The molecule has 4 aromatic rings. The van der Waals surface area contributed by atoms with E-state index in [9.17, 15) is 9.59 Å². The zero-order valence-corrected chi connectivity index (χ0v) is 23.9. The van der Waals surface area contributed by atoms with Crippen LogP contribution in [0.2, 0.25) is 0 Å². The van der Waals surface area contributed by atoms with Crippen molar-refractivity contribution in [3.05, 3.63) is 130 Å². The van der Waals surface area contributed by atoms with E-state index in [0.29, 0.717) is 23.4 Å². The first-order valence-corrected chi connectivity index (χ1v) is 14.8. The highest BCUT2D eigenvalue weighted by atomic mass is 16.2. The van der Waals surface area contributed by atoms with Crippen molar-refractivity contribution in [1.29, 1.82) is 0 Å². The van der Waals surface area contributed by atoms with Gasteiger partial charge in [-0.1, -0.05) is 86.5 Å². The first-order valence-electron chi connectivity index (χ1n) is 14.8. The summed E-state index contributed by atoms with van der Waals surface area (Å²) in [6, 6.07) is 32.1. The van der Waals surface area contributed by atoms with Crippen LogP contribution in [0.15, 0.2) is 97.1 Å². The van der Waals surface area contributed by atoms with Crippen LogP contribution in [0.3, 0.4) is 0 Å². The summed E-state index contributed by atoms with van der Waals surface area (Å²) in [5.74, 6) is -0.317. The number of aryl methyl sites for hydroxylation is 1. The number of nitrogens with zero attached hydrogens (tertiary/aromatic N) is 1. The van der Waals surface area contributed by atoms with Crippen molar-refractivity contribution in [1.82, 2.24) is 5.32 Å². The molecule has 2 N–H and O–H groups in total. The molecule has 41 heavy (non-hydrogen) atoms. The Morgan fingerprint density at radius 2 is 1.49 bits per heavy atom. The lowest BCUT2D eigenvalue weighted by molar-refractivity contribution is 0.0953. The molecule has 5 nitrogen and oxygen atoms in total. The third kappa shape index (κ3) is 7.43. The fourth-order valence-corrected chi connectivity index (χ4v) is 5.44. The van der Waals surface area contributed by atoms with Gasteiger partial charge in [0.1, 0.15) is 0 Å². The molecule has 0 saturated heterocycles. The topological polar surface area (TPSA) is 61.4 Å². The molecule has 0 bridgehead atoms. The molecule has 0 aliphatic carbocycles. The number of unbranched alkanes of at least 4 members (excludes halogenated alkanes) is 2. The molecular formula is C36H39N3O2. The highest BCUT2D eigenvalue weighted by molar-refractivity contribution is 6.06. The Kier molecular flexibility index (Phi) is 9.48. The van der Waals surface area contributed by atoms with Crippen LogP contribution in [-0.4, -0.2) is 24.9 Å². The molecule has 4 aromatic carbocycles. The van der Waals surface area contributed by atoms with Gasteiger partial charge in [-0.3, -0.25) is 9.59 Å². The smallest absolute Gasteiger partial charge is 0.255 e. The molecule has 210 valence electrons. The summed E-state index contributed by atoms with van der Waals surface area (Å²) in [5.41, 5.74) is 7.73. The number of anilines is 2. The molecule has 0 atom stereocenters. The summed E-state index contributed by atoms with van der Waals surface area (Å²) in [5, 5.41) is 6.12. The van der Waals surface area contributed by atoms with Crippen LogP contribution in [0.4, 0.5) is 11.4 Å². The SMILES string of the molecule is CCCCCc1ccc(C(=O)Nc2ccc(N3CCc4ccccc4C3)c(C(=O)NCCc3ccccc3)c2)cc1. The number of hydrogen-bond donors (Lipinski definition) is 2. The molecular weight excluding hydrogens is 506 g/mol. The van der Waals surface area contributed by atoms with E-state index in [1.54, 1.807) is 0 Å². The summed E-state index contributed by atoms with van der Waals surface area (Å²) >= 11 is 0. The van der Waals surface area contributed by atoms with Gasteiger partial charge in [0, 0.05) is 36.6 Å². The predicted octanol–water partition coefficient (Wildman–Crippen LogP) is 7.21. The summed E-state index contributed by atoms with van der Waals surface area (Å²) in [7, 11) is 0. The van der Waals surface area contributed by atoms with Crippen LogP contribution in [0.25, 0.3) is 0 Å². The standard InChI is InChI=1S/C36H39N3O2/c1-2-3-5-10-28-15-17-30(18-16-28)35(40)38-32-19-20-34(39-24-22-29-13-8-9-14-31(29)26-39)33(25-32)36(41)37-23-21-27-11-6-4-7-12-27/h4,6-9,11-20,25H,2-3,5,10,21-24,26H2,1H3,(H,37,41)(H,38,40). The lowest BCUT2D eigenvalue weighted by Crippen LogP contribution is -2.33. The van der Waals surface area contributed by atoms with Gasteiger partial charge in [0.2, 0.25) is 0 Å². The minimum atomic E-state index is -0.180. The fourth-order valence-electron chi connectivity index (χ4n) is 5.44. The average molecular weight is 546 g/mol. The highest BCUT2D eigenvalue weighted by Gasteiger charge is 2.22. The Labute approximate surface area is 243 Å². The van der Waals surface area contributed by atoms with E-state index in [1.165, 1.54) is 35.1 Å². The van der Waals surface area contributed by atoms with Crippen molar-refractivity contribution >= 4 is 23.2 Å². The van der Waals surface area contributed by atoms with Gasteiger partial charge < -0.3 is 15.5 Å². The molecule has 1 aliphatic heterocycles. The number of nitrogens with one attached hydrogen (secondary N) is 2. The second-order valence-electron chi connectivity index (χ2n) is 10.8. The van der Waals surface area contributed by atoms with Crippen LogP contribution in [0.5, 0.6) is 0 Å². The van der Waals surface area contributed by atoms with Crippen LogP contribution in [-0.2, 0) is 25.8 Å². The van der Waals surface area contributed by atoms with E-state index in [1.807, 2.05) is 60.7 Å². The molecule has 0 saturated carbocycles. The van der Waals surface area contributed by atoms with Gasteiger partial charge in [0.25, 0.3) is 11.8 Å². The molecule has 1 heterocycles. The first-order chi connectivity index (χ1) is 20.1. The summed E-state index contributed by atoms with van der Waals surface area (Å²) in [6.07, 6.45) is 6.28. The summed E-state index contributed by atoms with van der Waals surface area (Å²) in [4.78, 5) is 28.9. The quantitative estimate of drug-likeness (QED) is 0.196. The maximum Gasteiger partial charge on any atom is 0.255 e. The molecule has 0 unspecified atom stereocenters. The van der Waals surface area contributed by atoms with E-state index < -0.39 is 0 Å². The molecule has 2 amide bonds. The Morgan fingerprint density at radius 3 is 2.27 bits per heavy atom. The first kappa shape index (κ1) is 28.2. The molecule has 0 spiro atoms. The van der Waals surface area contributed by atoms with Crippen LogP contribution >= 0.6 is 0 Å². The number of rotatable bonds is 11. The van der Waals surface area contributed by atoms with Crippen molar-refractivity contribution in [2.24, 2.45) is 0 Å². The average Bonchev–Trinajstić information content (AvgIpc) is 3.01. The Bertz CT molecular complexity index is 1460. The number of carbonyl (C=O) groups excluding carboxylic acids is 2. The van der Waals surface area contributed by atoms with E-state index in [0.717, 1.165) is 44.5 Å². The van der Waals surface area contributed by atoms with E-state index in [2.05, 4.69) is 58.9 Å². The minimum Gasteiger partial charge on any atom is -0.366 e. The normalized spacial score (nSPS) is 12.5. The van der Waals surface area contributed by atoms with Gasteiger partial charge in [-0.15, -0.1) is 0 Å². The molecule has 0 radical (unpaired) electrons. The molecule has 1 aliphatic rings. The second-order valence-corrected chi connectivity index (χ2v) is 10.8. The van der Waals surface area contributed by atoms with Gasteiger partial charge in [-0.25, -0.2) is 0 Å². The molecule has 0 fully saturated rings. The third-order valence-corrected chi connectivity index (χ3v) is 7.80. The number of amides is 2. The number of hydrogen-bond acceptors (Lipinski definition) is 3. The Morgan fingerprint density at radius 1 is 0.756 bits per heavy atom. The van der Waals surface area contributed by atoms with Gasteiger partial charge >= 0.3 is 0 Å². The van der Waals surface area contributed by atoms with Crippen molar-refractivity contribution in [3.63, 3.8) is 0 Å². The lowest BCUT2D eigenvalue weighted by atomic mass is 9.98. The summed E-state index contributed by atoms with van der Waals surface area (Å²) < 4.78 is 0. The third-order valence-electron chi connectivity index (χ3n) is 7.80. The lowest BCUT2D eigenvalue weighted by Gasteiger charge is -2.32. The van der Waals surface area contributed by atoms with E-state index in [-0.39, 0.29) is 11.8 Å². The van der Waals surface area contributed by atoms with Crippen LogP contribution in [0.1, 0.15) is 69.2 Å². The van der Waals surface area contributed by atoms with Crippen LogP contribution in [0, 0.1) is 0 Å². The zero-order valence-electron chi connectivity index (χ0n) is 23.9. The van der Waals surface area contributed by atoms with Gasteiger partial charge in [-0.05, 0) is 78.3 Å². The predicted molar refractivity (Wildman–Crippen MR) is 168 cm³/mol. The summed E-state index contributed by atoms with van der Waals surface area (Å²) in [6.45, 7) is 4.31. The maximum absolute atomic E-state index is 13.5. The minimum absolute atomic E-state index is 0.137. The van der Waals surface area contributed by atoms with Crippen molar-refractivity contribution in [2.75, 3.05) is 23.3 Å². The van der Waals surface area contributed by atoms with Gasteiger partial charge in [0.15, 0.2) is 0 Å². The Balaban J connectivity index is 1.33. The van der Waals surface area contributed by atoms with Gasteiger partial charge in [-0.2, -0.15) is 0 Å². The van der Waals surface area contributed by atoms with E-state index >= 15 is 0 Å². The van der Waals surface area contributed by atoms with Crippen molar-refractivity contribution in [3.8, 4) is 0 Å². The maximum atomic E-state index is 13.5. The highest BCUT2D eigenvalue weighted by Crippen LogP contribution is 2.30. The molecule has 0 aromatic heterocycles. The Hall–Kier alpha value is -4.38. The number of carbonyl (C=O) groups is 2. The molecule has 5 rings (SSSR count). The fraction of sp³-hybridized carbons (Fsp3) is 0.278. The van der Waals surface area contributed by atoms with Gasteiger partial charge in [0.05, 0.1) is 5.56 Å². The zero-order chi connectivity index (χ0) is 28.4. The largest absolute Gasteiger partial charge is 0.366 e. The van der Waals surface area contributed by atoms with E-state index in [4.69, 9.17) is 0 Å². The van der Waals surface area contributed by atoms with Crippen molar-refractivity contribution < 1.29 is 9.59 Å².